The Labute approximate surface area is 385 Å². The Morgan fingerprint density at radius 2 is 1.02 bits per heavy atom. The number of fused-ring (bicyclic) bond motifs is 10. The van der Waals surface area contributed by atoms with E-state index in [2.05, 4.69) is 79.3 Å². The first kappa shape index (κ1) is 50.1. The van der Waals surface area contributed by atoms with Crippen LogP contribution in [0.3, 0.4) is 0 Å². The molecular formula is C54H89F2N3O5. The first-order chi connectivity index (χ1) is 30.2. The van der Waals surface area contributed by atoms with Crippen LogP contribution in [0.2, 0.25) is 0 Å². The van der Waals surface area contributed by atoms with Crippen LogP contribution in [-0.4, -0.2) is 51.7 Å². The van der Waals surface area contributed by atoms with Gasteiger partial charge in [-0.3, -0.25) is 9.59 Å². The van der Waals surface area contributed by atoms with Crippen molar-refractivity contribution < 1.29 is 33.7 Å². The second-order valence-corrected chi connectivity index (χ2v) is 25.2. The lowest BCUT2D eigenvalue weighted by molar-refractivity contribution is -0.215. The summed E-state index contributed by atoms with van der Waals surface area (Å²) in [6.07, 6.45) is 14.5. The molecule has 8 fully saturated rings. The van der Waals surface area contributed by atoms with Crippen molar-refractivity contribution in [2.45, 2.75) is 209 Å². The molecule has 0 aliphatic heterocycles. The molecule has 8 rings (SSSR count). The minimum absolute atomic E-state index is 0.00480. The lowest BCUT2D eigenvalue weighted by atomic mass is 9.40. The van der Waals surface area contributed by atoms with Crippen LogP contribution in [0.25, 0.3) is 10.4 Å². The molecule has 3 N–H and O–H groups in total. The van der Waals surface area contributed by atoms with Crippen LogP contribution in [0.5, 0.6) is 0 Å². The van der Waals surface area contributed by atoms with Gasteiger partial charge in [-0.05, 0) is 205 Å². The summed E-state index contributed by atoms with van der Waals surface area (Å²) in [6, 6.07) is 0. The fourth-order valence-corrected chi connectivity index (χ4v) is 19.5. The van der Waals surface area contributed by atoms with Gasteiger partial charge in [-0.25, -0.2) is 8.78 Å². The second-order valence-electron chi connectivity index (χ2n) is 25.2. The first-order valence-corrected chi connectivity index (χ1v) is 26.6. The zero-order chi connectivity index (χ0) is 46.8. The molecule has 364 valence electrons. The average molecular weight is 898 g/mol. The average Bonchev–Trinajstić information content (AvgIpc) is 3.80. The van der Waals surface area contributed by atoms with E-state index in [0.717, 1.165) is 103 Å². The molecule has 1 amide bonds. The number of azide groups is 1. The van der Waals surface area contributed by atoms with Gasteiger partial charge in [-0.2, -0.15) is 0 Å². The second kappa shape index (κ2) is 19.0. The molecular weight excluding hydrogens is 809 g/mol. The molecule has 8 aliphatic carbocycles. The Balaban J connectivity index is 0.000000192. The van der Waals surface area contributed by atoms with Gasteiger partial charge in [0.15, 0.2) is 0 Å². The van der Waals surface area contributed by atoms with Crippen molar-refractivity contribution in [3.05, 3.63) is 10.4 Å². The lowest BCUT2D eigenvalue weighted by Gasteiger charge is -2.65. The van der Waals surface area contributed by atoms with Gasteiger partial charge < -0.3 is 15.3 Å². The molecule has 0 aromatic rings. The Bertz CT molecular complexity index is 1730. The van der Waals surface area contributed by atoms with Crippen LogP contribution in [0.15, 0.2) is 5.11 Å². The number of aliphatic hydroxyl groups is 2. The van der Waals surface area contributed by atoms with E-state index >= 15 is 8.78 Å². The van der Waals surface area contributed by atoms with E-state index in [1.165, 1.54) is 0 Å². The highest BCUT2D eigenvalue weighted by Crippen LogP contribution is 2.72. The number of carboxylic acids is 1. The van der Waals surface area contributed by atoms with Crippen molar-refractivity contribution in [3.63, 3.8) is 0 Å². The van der Waals surface area contributed by atoms with Crippen molar-refractivity contribution in [2.75, 3.05) is 0 Å². The molecule has 24 atom stereocenters. The van der Waals surface area contributed by atoms with E-state index < -0.39 is 30.5 Å². The van der Waals surface area contributed by atoms with Crippen LogP contribution < -0.4 is 0 Å². The quantitative estimate of drug-likeness (QED) is 0.114. The maximum atomic E-state index is 15.7. The van der Waals surface area contributed by atoms with Crippen LogP contribution in [-0.2, 0) is 9.59 Å². The number of carbonyl (C=O) groups excluding carboxylic acids is 1. The molecule has 0 heterocycles. The summed E-state index contributed by atoms with van der Waals surface area (Å²) in [5.41, 5.74) is 8.84. The van der Waals surface area contributed by atoms with Gasteiger partial charge in [0.05, 0.1) is 12.2 Å². The third-order valence-corrected chi connectivity index (χ3v) is 22.8. The van der Waals surface area contributed by atoms with Crippen molar-refractivity contribution >= 4 is 11.9 Å². The Morgan fingerprint density at radius 1 is 0.641 bits per heavy atom. The normalized spacial score (nSPS) is 51.2. The van der Waals surface area contributed by atoms with Crippen molar-refractivity contribution in [3.8, 4) is 0 Å². The monoisotopic (exact) mass is 898 g/mol. The molecule has 0 aromatic heterocycles. The summed E-state index contributed by atoms with van der Waals surface area (Å²) < 4.78 is 31.3. The smallest absolute Gasteiger partial charge is 0.303 e. The van der Waals surface area contributed by atoms with Gasteiger partial charge in [0.25, 0.3) is 0 Å². The molecule has 0 saturated heterocycles. The number of hydrogen-bond acceptors (Lipinski definition) is 4. The van der Waals surface area contributed by atoms with Crippen molar-refractivity contribution in [1.82, 2.24) is 0 Å². The van der Waals surface area contributed by atoms with E-state index in [4.69, 9.17) is 10.6 Å². The van der Waals surface area contributed by atoms with Crippen LogP contribution in [0.4, 0.5) is 8.78 Å². The number of hydrogen-bond donors (Lipinski definition) is 3. The minimum Gasteiger partial charge on any atom is -0.481 e. The fraction of sp³-hybridized carbons (Fsp3) is 0.963. The third kappa shape index (κ3) is 8.13. The Kier molecular flexibility index (Phi) is 14.8. The summed E-state index contributed by atoms with van der Waals surface area (Å²) in [7, 11) is 0. The van der Waals surface area contributed by atoms with Crippen LogP contribution in [0.1, 0.15) is 185 Å². The summed E-state index contributed by atoms with van der Waals surface area (Å²) in [6.45, 7) is 22.5. The van der Waals surface area contributed by atoms with E-state index in [1.54, 1.807) is 0 Å². The standard InChI is InChI=1S/C27H44FN3O2.C27H45FO3/c1-6-17-23-24(28)16(3)11-13-27(23,5)20-12-14-26(4)18(8-9-19(26)22(20)25(17)33)15(2)7-10-21(32)30-31-29;1-6-17-23-24(28)16(3)11-13-27(23,5)20-12-14-26(4)18(15(2)7-10-21(29)30)8-9-19(26)22(20)25(17)31/h15-20,22-25,33H,6-14H2,1-5H3;15-20,22-25,31H,6-14H2,1-5H3,(H,29,30)/t2*15-,16-,17-,18?,19?,20?,22?,23-,24+,25-,26-,27-/m11/s1. The van der Waals surface area contributed by atoms with Gasteiger partial charge in [0, 0.05) is 29.6 Å². The largest absolute Gasteiger partial charge is 0.481 e. The number of aliphatic hydroxyl groups excluding tert-OH is 2. The number of halogens is 2. The Morgan fingerprint density at radius 3 is 1.39 bits per heavy atom. The van der Waals surface area contributed by atoms with E-state index in [1.807, 2.05) is 0 Å². The number of rotatable bonds is 10. The summed E-state index contributed by atoms with van der Waals surface area (Å²) in [5.74, 6) is 3.39. The van der Waals surface area contributed by atoms with Gasteiger partial charge in [0.2, 0.25) is 5.91 Å². The van der Waals surface area contributed by atoms with Crippen LogP contribution in [0, 0.1) is 116 Å². The number of alkyl halides is 2. The topological polar surface area (TPSA) is 144 Å². The third-order valence-electron chi connectivity index (χ3n) is 22.8. The summed E-state index contributed by atoms with van der Waals surface area (Å²) >= 11 is 0. The Hall–Kier alpha value is -1.77. The molecule has 0 radical (unpaired) electrons. The maximum absolute atomic E-state index is 15.7. The first-order valence-electron chi connectivity index (χ1n) is 26.6. The van der Waals surface area contributed by atoms with Gasteiger partial charge in [-0.1, -0.05) is 82.1 Å². The maximum Gasteiger partial charge on any atom is 0.303 e. The SMILES string of the molecule is CC[C@@H]1[C@@H]2[C@@H](F)[C@H](C)CC[C@]2(C)C2CC[C@@]3(C)C(CCC3[C@H](C)CCC(=O)N=[N+]=[N-])C2[C@@H]1O.CC[C@@H]1[C@@H]2[C@@H](F)[C@H](C)CC[C@]2(C)C2CC[C@@]3(C)C(CCC3[C@H](C)CCC(=O)O)C2[C@@H]1O. The number of aliphatic carboxylic acids is 1. The predicted octanol–water partition coefficient (Wildman–Crippen LogP) is 13.4. The van der Waals surface area contributed by atoms with Gasteiger partial charge >= 0.3 is 5.97 Å². The molecule has 8 unspecified atom stereocenters. The number of nitrogens with zero attached hydrogens (tertiary/aromatic N) is 3. The predicted molar refractivity (Wildman–Crippen MR) is 249 cm³/mol. The van der Waals surface area contributed by atoms with E-state index in [-0.39, 0.29) is 81.3 Å². The molecule has 8 nitrogen and oxygen atoms in total. The molecule has 64 heavy (non-hydrogen) atoms. The summed E-state index contributed by atoms with van der Waals surface area (Å²) in [5, 5.41) is 35.9. The molecule has 10 heteroatoms. The highest BCUT2D eigenvalue weighted by Gasteiger charge is 2.68. The molecule has 0 aromatic carbocycles. The van der Waals surface area contributed by atoms with E-state index in [9.17, 15) is 19.8 Å². The number of carbonyl (C=O) groups is 2. The zero-order valence-electron chi connectivity index (χ0n) is 41.5. The number of carboxylic acid groups (broad SMARTS) is 1. The molecule has 0 bridgehead atoms. The molecule has 0 spiro atoms. The van der Waals surface area contributed by atoms with Gasteiger partial charge in [0.1, 0.15) is 12.3 Å². The summed E-state index contributed by atoms with van der Waals surface area (Å²) in [4.78, 5) is 25.5. The van der Waals surface area contributed by atoms with Crippen LogP contribution >= 0.6 is 0 Å². The number of amides is 1. The highest BCUT2D eigenvalue weighted by molar-refractivity contribution is 5.76. The minimum atomic E-state index is -0.803. The fourth-order valence-electron chi connectivity index (χ4n) is 19.5. The van der Waals surface area contributed by atoms with Crippen molar-refractivity contribution in [2.24, 2.45) is 121 Å². The highest BCUT2D eigenvalue weighted by atomic mass is 19.1. The molecule has 8 saturated carbocycles. The van der Waals surface area contributed by atoms with E-state index in [0.29, 0.717) is 53.8 Å². The van der Waals surface area contributed by atoms with Crippen molar-refractivity contribution in [1.29, 1.82) is 0 Å². The molecule has 8 aliphatic rings. The van der Waals surface area contributed by atoms with Gasteiger partial charge in [-0.15, -0.1) is 0 Å². The lowest BCUT2D eigenvalue weighted by Crippen LogP contribution is -2.64. The zero-order valence-corrected chi connectivity index (χ0v) is 41.5.